The Hall–Kier alpha value is -2.64. The second kappa shape index (κ2) is 9.74. The standard InChI is InChI=1S/C18H30N4O4/c1-5-7-21-15-13(19)10-12(16(20)23)11-14(15)25-9-6-8-22-17(24)26-18(2,3)4/h10-11,21H,5-9,19H2,1-4H3,(H2,20,23)(H,22,24). The monoisotopic (exact) mass is 366 g/mol. The van der Waals surface area contributed by atoms with Crippen molar-refractivity contribution in [3.8, 4) is 5.75 Å². The number of carbonyl (C=O) groups is 2. The van der Waals surface area contributed by atoms with Crippen LogP contribution >= 0.6 is 0 Å². The fourth-order valence-electron chi connectivity index (χ4n) is 2.09. The molecule has 146 valence electrons. The van der Waals surface area contributed by atoms with E-state index in [0.717, 1.165) is 13.0 Å². The molecule has 0 saturated heterocycles. The minimum atomic E-state index is -0.574. The molecule has 0 aliphatic rings. The van der Waals surface area contributed by atoms with Gasteiger partial charge in [0.1, 0.15) is 17.0 Å². The van der Waals surface area contributed by atoms with Gasteiger partial charge >= 0.3 is 6.09 Å². The largest absolute Gasteiger partial charge is 0.491 e. The molecule has 8 nitrogen and oxygen atoms in total. The molecule has 1 aromatic rings. The number of ether oxygens (including phenoxy) is 2. The molecule has 6 N–H and O–H groups in total. The second-order valence-electron chi connectivity index (χ2n) is 6.86. The van der Waals surface area contributed by atoms with E-state index in [4.69, 9.17) is 20.9 Å². The fourth-order valence-corrected chi connectivity index (χ4v) is 2.09. The summed E-state index contributed by atoms with van der Waals surface area (Å²) in [4.78, 5) is 23.0. The van der Waals surface area contributed by atoms with Crippen LogP contribution < -0.4 is 26.8 Å². The molecule has 0 saturated carbocycles. The maximum absolute atomic E-state index is 11.6. The number of alkyl carbamates (subject to hydrolysis) is 1. The van der Waals surface area contributed by atoms with Crippen molar-refractivity contribution in [1.29, 1.82) is 0 Å². The average molecular weight is 366 g/mol. The molecule has 0 aliphatic heterocycles. The molecule has 0 bridgehead atoms. The lowest BCUT2D eigenvalue weighted by molar-refractivity contribution is 0.0525. The van der Waals surface area contributed by atoms with Crippen molar-refractivity contribution in [2.75, 3.05) is 30.7 Å². The fraction of sp³-hybridized carbons (Fsp3) is 0.556. The molecule has 0 aliphatic carbocycles. The Balaban J connectivity index is 2.62. The molecule has 0 aromatic heterocycles. The second-order valence-corrected chi connectivity index (χ2v) is 6.86. The summed E-state index contributed by atoms with van der Waals surface area (Å²) in [5, 5.41) is 5.85. The Morgan fingerprint density at radius 1 is 1.19 bits per heavy atom. The van der Waals surface area contributed by atoms with Crippen LogP contribution in [0.5, 0.6) is 5.75 Å². The lowest BCUT2D eigenvalue weighted by atomic mass is 10.1. The third kappa shape index (κ3) is 7.50. The number of nitrogens with two attached hydrogens (primary N) is 2. The molecule has 8 heteroatoms. The van der Waals surface area contributed by atoms with Gasteiger partial charge in [-0.05, 0) is 45.7 Å². The third-order valence-electron chi connectivity index (χ3n) is 3.22. The summed E-state index contributed by atoms with van der Waals surface area (Å²) in [6.07, 6.45) is 1.01. The first-order chi connectivity index (χ1) is 12.1. The zero-order valence-corrected chi connectivity index (χ0v) is 16.0. The quantitative estimate of drug-likeness (QED) is 0.392. The molecule has 0 atom stereocenters. The Kier molecular flexibility index (Phi) is 8.02. The van der Waals surface area contributed by atoms with E-state index in [-0.39, 0.29) is 5.56 Å². The summed E-state index contributed by atoms with van der Waals surface area (Å²) < 4.78 is 10.9. The van der Waals surface area contributed by atoms with Crippen molar-refractivity contribution in [2.45, 2.75) is 46.1 Å². The van der Waals surface area contributed by atoms with Crippen molar-refractivity contribution in [1.82, 2.24) is 5.32 Å². The number of nitrogens with one attached hydrogen (secondary N) is 2. The third-order valence-corrected chi connectivity index (χ3v) is 3.22. The van der Waals surface area contributed by atoms with Gasteiger partial charge in [0.2, 0.25) is 5.91 Å². The molecule has 26 heavy (non-hydrogen) atoms. The van der Waals surface area contributed by atoms with Crippen LogP contribution in [0.2, 0.25) is 0 Å². The Labute approximate surface area is 154 Å². The minimum absolute atomic E-state index is 0.284. The van der Waals surface area contributed by atoms with Crippen molar-refractivity contribution < 1.29 is 19.1 Å². The van der Waals surface area contributed by atoms with Gasteiger partial charge in [-0.15, -0.1) is 0 Å². The number of primary amides is 1. The van der Waals surface area contributed by atoms with E-state index in [1.165, 1.54) is 6.07 Å². The summed E-state index contributed by atoms with van der Waals surface area (Å²) in [7, 11) is 0. The molecule has 2 amide bonds. The van der Waals surface area contributed by atoms with Gasteiger partial charge < -0.3 is 31.6 Å². The summed E-state index contributed by atoms with van der Waals surface area (Å²) >= 11 is 0. The van der Waals surface area contributed by atoms with Crippen LogP contribution in [0.3, 0.4) is 0 Å². The maximum atomic E-state index is 11.6. The number of hydrogen-bond acceptors (Lipinski definition) is 6. The molecular formula is C18H30N4O4. The van der Waals surface area contributed by atoms with E-state index in [2.05, 4.69) is 10.6 Å². The first-order valence-electron chi connectivity index (χ1n) is 8.71. The van der Waals surface area contributed by atoms with Crippen LogP contribution in [-0.2, 0) is 4.74 Å². The van der Waals surface area contributed by atoms with Crippen LogP contribution in [-0.4, -0.2) is 37.3 Å². The van der Waals surface area contributed by atoms with Gasteiger partial charge in [0.25, 0.3) is 0 Å². The van der Waals surface area contributed by atoms with E-state index in [1.807, 2.05) is 6.92 Å². The highest BCUT2D eigenvalue weighted by Crippen LogP contribution is 2.32. The summed E-state index contributed by atoms with van der Waals surface area (Å²) in [6.45, 7) is 8.89. The zero-order valence-electron chi connectivity index (χ0n) is 16.0. The molecule has 1 aromatic carbocycles. The first-order valence-corrected chi connectivity index (χ1v) is 8.71. The van der Waals surface area contributed by atoms with Gasteiger partial charge in [-0.25, -0.2) is 4.79 Å². The van der Waals surface area contributed by atoms with Gasteiger partial charge in [0.15, 0.2) is 0 Å². The predicted molar refractivity (Wildman–Crippen MR) is 103 cm³/mol. The molecule has 0 unspecified atom stereocenters. The summed E-state index contributed by atoms with van der Waals surface area (Å²) in [5.74, 6) is -0.111. The van der Waals surface area contributed by atoms with Crippen LogP contribution in [0.4, 0.5) is 16.2 Å². The van der Waals surface area contributed by atoms with Gasteiger partial charge in [-0.2, -0.15) is 0 Å². The lowest BCUT2D eigenvalue weighted by Gasteiger charge is -2.20. The van der Waals surface area contributed by atoms with Crippen molar-refractivity contribution in [3.05, 3.63) is 17.7 Å². The highest BCUT2D eigenvalue weighted by molar-refractivity contribution is 5.96. The van der Waals surface area contributed by atoms with Crippen LogP contribution in [0.25, 0.3) is 0 Å². The number of carbonyl (C=O) groups excluding carboxylic acids is 2. The van der Waals surface area contributed by atoms with Gasteiger partial charge in [0, 0.05) is 18.7 Å². The molecule has 0 spiro atoms. The molecule has 0 heterocycles. The van der Waals surface area contributed by atoms with E-state index in [9.17, 15) is 9.59 Å². The van der Waals surface area contributed by atoms with Gasteiger partial charge in [0.05, 0.1) is 12.3 Å². The number of nitrogen functional groups attached to an aromatic ring is 1. The molecule has 1 rings (SSSR count). The van der Waals surface area contributed by atoms with Gasteiger partial charge in [-0.3, -0.25) is 4.79 Å². The number of amides is 2. The number of hydrogen-bond donors (Lipinski definition) is 4. The number of benzene rings is 1. The molecular weight excluding hydrogens is 336 g/mol. The number of rotatable bonds is 9. The van der Waals surface area contributed by atoms with Crippen LogP contribution in [0.1, 0.15) is 50.9 Å². The Bertz CT molecular complexity index is 626. The Morgan fingerprint density at radius 2 is 1.88 bits per heavy atom. The number of anilines is 2. The van der Waals surface area contributed by atoms with Crippen LogP contribution in [0, 0.1) is 0 Å². The average Bonchev–Trinajstić information content (AvgIpc) is 2.51. The van der Waals surface area contributed by atoms with E-state index < -0.39 is 17.6 Å². The predicted octanol–water partition coefficient (Wildman–Crippen LogP) is 2.48. The lowest BCUT2D eigenvalue weighted by Crippen LogP contribution is -2.33. The SMILES string of the molecule is CCCNc1c(N)cc(C(N)=O)cc1OCCCNC(=O)OC(C)(C)C. The van der Waals surface area contributed by atoms with Gasteiger partial charge in [-0.1, -0.05) is 6.92 Å². The molecule has 0 fully saturated rings. The minimum Gasteiger partial charge on any atom is -0.491 e. The first kappa shape index (κ1) is 21.4. The van der Waals surface area contributed by atoms with Crippen LogP contribution in [0.15, 0.2) is 12.1 Å². The van der Waals surface area contributed by atoms with Crippen molar-refractivity contribution in [3.63, 3.8) is 0 Å². The summed E-state index contributed by atoms with van der Waals surface area (Å²) in [5.41, 5.74) is 12.1. The normalized spacial score (nSPS) is 10.9. The maximum Gasteiger partial charge on any atom is 0.407 e. The van der Waals surface area contributed by atoms with E-state index >= 15 is 0 Å². The summed E-state index contributed by atoms with van der Waals surface area (Å²) in [6, 6.07) is 3.09. The smallest absolute Gasteiger partial charge is 0.407 e. The Morgan fingerprint density at radius 3 is 2.46 bits per heavy atom. The molecule has 0 radical (unpaired) electrons. The zero-order chi connectivity index (χ0) is 19.7. The highest BCUT2D eigenvalue weighted by Gasteiger charge is 2.16. The topological polar surface area (TPSA) is 129 Å². The van der Waals surface area contributed by atoms with E-state index in [1.54, 1.807) is 26.8 Å². The van der Waals surface area contributed by atoms with Crippen molar-refractivity contribution in [2.24, 2.45) is 5.73 Å². The van der Waals surface area contributed by atoms with Crippen molar-refractivity contribution >= 4 is 23.4 Å². The van der Waals surface area contributed by atoms with E-state index in [0.29, 0.717) is 36.7 Å². The highest BCUT2D eigenvalue weighted by atomic mass is 16.6.